The van der Waals surface area contributed by atoms with Gasteiger partial charge >= 0.3 is 0 Å². The lowest BCUT2D eigenvalue weighted by Gasteiger charge is -2.20. The summed E-state index contributed by atoms with van der Waals surface area (Å²) in [5.41, 5.74) is -0.216. The maximum Gasteiger partial charge on any atom is 0.256 e. The van der Waals surface area contributed by atoms with E-state index in [4.69, 9.17) is 9.47 Å². The van der Waals surface area contributed by atoms with E-state index >= 15 is 0 Å². The Hall–Kier alpha value is -3.23. The molecule has 1 aliphatic rings. The van der Waals surface area contributed by atoms with Gasteiger partial charge in [0.05, 0.1) is 25.5 Å². The van der Waals surface area contributed by atoms with Gasteiger partial charge in [-0.15, -0.1) is 0 Å². The molecular formula is C20H19F3N2O4. The highest BCUT2D eigenvalue weighted by Crippen LogP contribution is 2.34. The summed E-state index contributed by atoms with van der Waals surface area (Å²) in [4.78, 5) is 27.1. The number of benzene rings is 2. The lowest BCUT2D eigenvalue weighted by Crippen LogP contribution is -2.29. The maximum absolute atomic E-state index is 13.5. The van der Waals surface area contributed by atoms with Crippen molar-refractivity contribution in [2.24, 2.45) is 0 Å². The van der Waals surface area contributed by atoms with Crippen molar-refractivity contribution in [1.82, 2.24) is 4.90 Å². The Morgan fingerprint density at radius 2 is 1.48 bits per heavy atom. The molecule has 1 fully saturated rings. The number of rotatable bonds is 5. The van der Waals surface area contributed by atoms with Crippen molar-refractivity contribution in [2.45, 2.75) is 12.8 Å². The number of ether oxygens (including phenoxy) is 2. The van der Waals surface area contributed by atoms with Crippen LogP contribution in [0, 0.1) is 17.5 Å². The van der Waals surface area contributed by atoms with Crippen molar-refractivity contribution in [1.29, 1.82) is 0 Å². The van der Waals surface area contributed by atoms with Gasteiger partial charge in [-0.05, 0) is 31.0 Å². The van der Waals surface area contributed by atoms with Gasteiger partial charge in [0.25, 0.3) is 11.8 Å². The van der Waals surface area contributed by atoms with E-state index in [9.17, 15) is 22.8 Å². The van der Waals surface area contributed by atoms with Crippen molar-refractivity contribution in [2.75, 3.05) is 32.6 Å². The van der Waals surface area contributed by atoms with Gasteiger partial charge in [-0.3, -0.25) is 9.59 Å². The number of nitrogens with zero attached hydrogens (tertiary/aromatic N) is 1. The molecule has 0 saturated carbocycles. The average Bonchev–Trinajstić information content (AvgIpc) is 3.25. The van der Waals surface area contributed by atoms with Crippen LogP contribution in [0.5, 0.6) is 11.5 Å². The molecule has 154 valence electrons. The van der Waals surface area contributed by atoms with Crippen LogP contribution in [0.4, 0.5) is 18.9 Å². The van der Waals surface area contributed by atoms with Gasteiger partial charge in [-0.2, -0.15) is 0 Å². The molecule has 2 aromatic rings. The van der Waals surface area contributed by atoms with E-state index < -0.39 is 28.9 Å². The van der Waals surface area contributed by atoms with Gasteiger partial charge < -0.3 is 19.7 Å². The minimum atomic E-state index is -1.67. The average molecular weight is 408 g/mol. The van der Waals surface area contributed by atoms with E-state index in [-0.39, 0.29) is 28.7 Å². The molecule has 1 saturated heterocycles. The SMILES string of the molecule is COc1cc(NC(=O)c2cc(F)c(F)c(F)c2)c(C(=O)N2CCCC2)cc1OC. The van der Waals surface area contributed by atoms with Crippen LogP contribution < -0.4 is 14.8 Å². The van der Waals surface area contributed by atoms with Crippen molar-refractivity contribution < 1.29 is 32.2 Å². The van der Waals surface area contributed by atoms with Crippen LogP contribution >= 0.6 is 0 Å². The van der Waals surface area contributed by atoms with E-state index in [0.29, 0.717) is 25.2 Å². The number of likely N-dealkylation sites (tertiary alicyclic amines) is 1. The molecule has 0 aromatic heterocycles. The Labute approximate surface area is 165 Å². The first-order valence-corrected chi connectivity index (χ1v) is 8.87. The van der Waals surface area contributed by atoms with Crippen LogP contribution in [0.15, 0.2) is 24.3 Å². The number of hydrogen-bond donors (Lipinski definition) is 1. The Bertz CT molecular complexity index is 936. The quantitative estimate of drug-likeness (QED) is 0.768. The van der Waals surface area contributed by atoms with E-state index in [1.807, 2.05) is 0 Å². The maximum atomic E-state index is 13.5. The van der Waals surface area contributed by atoms with Crippen molar-refractivity contribution in [3.63, 3.8) is 0 Å². The number of amides is 2. The number of hydrogen-bond acceptors (Lipinski definition) is 4. The molecule has 1 aliphatic heterocycles. The molecule has 0 unspecified atom stereocenters. The molecule has 0 spiro atoms. The zero-order valence-electron chi connectivity index (χ0n) is 15.9. The molecule has 0 bridgehead atoms. The molecule has 9 heteroatoms. The van der Waals surface area contributed by atoms with Crippen LogP contribution in [-0.2, 0) is 0 Å². The standard InChI is InChI=1S/C20H19F3N2O4/c1-28-16-9-12(20(27)25-5-3-4-6-25)15(10-17(16)29-2)24-19(26)11-7-13(21)18(23)14(22)8-11/h7-10H,3-6H2,1-2H3,(H,24,26). The second-order valence-corrected chi connectivity index (χ2v) is 6.46. The second kappa shape index (κ2) is 8.42. The van der Waals surface area contributed by atoms with E-state index in [1.54, 1.807) is 4.90 Å². The first-order valence-electron chi connectivity index (χ1n) is 8.87. The molecule has 2 amide bonds. The molecule has 6 nitrogen and oxygen atoms in total. The molecule has 0 radical (unpaired) electrons. The Morgan fingerprint density at radius 3 is 2.03 bits per heavy atom. The lowest BCUT2D eigenvalue weighted by molar-refractivity contribution is 0.0793. The summed E-state index contributed by atoms with van der Waals surface area (Å²) in [6, 6.07) is 3.98. The third-order valence-corrected chi connectivity index (χ3v) is 4.64. The molecule has 0 aliphatic carbocycles. The largest absolute Gasteiger partial charge is 0.493 e. The van der Waals surface area contributed by atoms with Crippen molar-refractivity contribution >= 4 is 17.5 Å². The number of anilines is 1. The number of carbonyl (C=O) groups is 2. The molecule has 3 rings (SSSR count). The Kier molecular flexibility index (Phi) is 5.95. The predicted molar refractivity (Wildman–Crippen MR) is 99.0 cm³/mol. The van der Waals surface area contributed by atoms with Gasteiger partial charge in [-0.25, -0.2) is 13.2 Å². The third-order valence-electron chi connectivity index (χ3n) is 4.64. The summed E-state index contributed by atoms with van der Waals surface area (Å²) < 4.78 is 50.6. The lowest BCUT2D eigenvalue weighted by atomic mass is 10.1. The number of nitrogens with one attached hydrogen (secondary N) is 1. The second-order valence-electron chi connectivity index (χ2n) is 6.46. The third kappa shape index (κ3) is 4.13. The van der Waals surface area contributed by atoms with Gasteiger partial charge in [0, 0.05) is 24.7 Å². The smallest absolute Gasteiger partial charge is 0.256 e. The molecule has 0 atom stereocenters. The van der Waals surface area contributed by atoms with Crippen LogP contribution in [0.2, 0.25) is 0 Å². The summed E-state index contributed by atoms with van der Waals surface area (Å²) in [6.07, 6.45) is 1.74. The zero-order valence-corrected chi connectivity index (χ0v) is 15.9. The molecule has 2 aromatic carbocycles. The van der Waals surface area contributed by atoms with Crippen LogP contribution in [0.25, 0.3) is 0 Å². The minimum Gasteiger partial charge on any atom is -0.493 e. The summed E-state index contributed by atoms with van der Waals surface area (Å²) >= 11 is 0. The summed E-state index contributed by atoms with van der Waals surface area (Å²) in [7, 11) is 2.79. The first kappa shape index (κ1) is 20.5. The van der Waals surface area contributed by atoms with Crippen molar-refractivity contribution in [3.8, 4) is 11.5 Å². The number of halogens is 3. The number of methoxy groups -OCH3 is 2. The Balaban J connectivity index is 2.00. The van der Waals surface area contributed by atoms with E-state index in [0.717, 1.165) is 12.8 Å². The number of carbonyl (C=O) groups excluding carboxylic acids is 2. The van der Waals surface area contributed by atoms with Crippen LogP contribution in [0.1, 0.15) is 33.6 Å². The molecule has 29 heavy (non-hydrogen) atoms. The minimum absolute atomic E-state index is 0.0784. The highest BCUT2D eigenvalue weighted by atomic mass is 19.2. The Morgan fingerprint density at radius 1 is 0.931 bits per heavy atom. The van der Waals surface area contributed by atoms with Gasteiger partial charge in [0.2, 0.25) is 0 Å². The van der Waals surface area contributed by atoms with Gasteiger partial charge in [0.15, 0.2) is 29.0 Å². The van der Waals surface area contributed by atoms with Gasteiger partial charge in [0.1, 0.15) is 0 Å². The fourth-order valence-electron chi connectivity index (χ4n) is 3.13. The predicted octanol–water partition coefficient (Wildman–Crippen LogP) is 3.61. The van der Waals surface area contributed by atoms with Crippen LogP contribution in [0.3, 0.4) is 0 Å². The molecular weight excluding hydrogens is 389 g/mol. The summed E-state index contributed by atoms with van der Waals surface area (Å²) in [5.74, 6) is -5.35. The fourth-order valence-corrected chi connectivity index (χ4v) is 3.13. The van der Waals surface area contributed by atoms with E-state index in [1.165, 1.54) is 26.4 Å². The highest BCUT2D eigenvalue weighted by molar-refractivity contribution is 6.09. The molecule has 1 heterocycles. The van der Waals surface area contributed by atoms with Crippen LogP contribution in [-0.4, -0.2) is 44.0 Å². The fraction of sp³-hybridized carbons (Fsp3) is 0.300. The summed E-state index contributed by atoms with van der Waals surface area (Å²) in [6.45, 7) is 1.16. The monoisotopic (exact) mass is 408 g/mol. The highest BCUT2D eigenvalue weighted by Gasteiger charge is 2.25. The van der Waals surface area contributed by atoms with Gasteiger partial charge in [-0.1, -0.05) is 0 Å². The topological polar surface area (TPSA) is 67.9 Å². The molecule has 1 N–H and O–H groups in total. The van der Waals surface area contributed by atoms with E-state index in [2.05, 4.69) is 5.32 Å². The zero-order chi connectivity index (χ0) is 21.1. The first-order chi connectivity index (χ1) is 13.8. The summed E-state index contributed by atoms with van der Waals surface area (Å²) in [5, 5.41) is 2.45. The van der Waals surface area contributed by atoms with Crippen molar-refractivity contribution in [3.05, 3.63) is 52.8 Å². The normalized spacial score (nSPS) is 13.3.